The molecule has 71 heavy (non-hydrogen) atoms. The normalized spacial score (nSPS) is 12.8. The summed E-state index contributed by atoms with van der Waals surface area (Å²) in [7, 11) is 0. The summed E-state index contributed by atoms with van der Waals surface area (Å²) in [6, 6.07) is 0. The van der Waals surface area contributed by atoms with E-state index in [-0.39, 0.29) is 31.1 Å². The zero-order chi connectivity index (χ0) is 51.4. The number of carbonyl (C=O) groups excluding carboxylic acids is 3. The number of carbonyl (C=O) groups is 3. The van der Waals surface area contributed by atoms with Crippen LogP contribution in [0.25, 0.3) is 0 Å². The third-order valence-corrected chi connectivity index (χ3v) is 12.6. The van der Waals surface area contributed by atoms with Gasteiger partial charge in [0.1, 0.15) is 13.2 Å². The van der Waals surface area contributed by atoms with Gasteiger partial charge in [0.2, 0.25) is 0 Å². The number of ether oxygens (including phenoxy) is 3. The van der Waals surface area contributed by atoms with E-state index in [1.165, 1.54) is 103 Å². The highest BCUT2D eigenvalue weighted by Crippen LogP contribution is 2.15. The Labute approximate surface area is 438 Å². The second kappa shape index (κ2) is 58.9. The summed E-state index contributed by atoms with van der Waals surface area (Å²) in [6.07, 6.45) is 78.3. The van der Waals surface area contributed by atoms with E-state index < -0.39 is 6.10 Å². The molecule has 0 aromatic heterocycles. The van der Waals surface area contributed by atoms with Crippen LogP contribution in [0.2, 0.25) is 0 Å². The molecule has 0 fully saturated rings. The predicted molar refractivity (Wildman–Crippen MR) is 307 cm³/mol. The maximum atomic E-state index is 12.9. The average molecular weight is 988 g/mol. The van der Waals surface area contributed by atoms with E-state index in [0.717, 1.165) is 135 Å². The van der Waals surface area contributed by atoms with Crippen LogP contribution < -0.4 is 0 Å². The van der Waals surface area contributed by atoms with Crippen LogP contribution in [-0.4, -0.2) is 37.2 Å². The molecule has 0 rings (SSSR count). The van der Waals surface area contributed by atoms with Gasteiger partial charge >= 0.3 is 17.9 Å². The van der Waals surface area contributed by atoms with Crippen molar-refractivity contribution in [3.05, 3.63) is 97.2 Å². The van der Waals surface area contributed by atoms with Crippen molar-refractivity contribution >= 4 is 17.9 Å². The van der Waals surface area contributed by atoms with Gasteiger partial charge in [-0.05, 0) is 116 Å². The molecular formula is C65H110O6. The van der Waals surface area contributed by atoms with E-state index in [1.54, 1.807) is 0 Å². The summed E-state index contributed by atoms with van der Waals surface area (Å²) >= 11 is 0. The van der Waals surface area contributed by atoms with Crippen LogP contribution in [0.1, 0.15) is 278 Å². The van der Waals surface area contributed by atoms with Crippen LogP contribution in [0.5, 0.6) is 0 Å². The van der Waals surface area contributed by atoms with Crippen molar-refractivity contribution in [2.45, 2.75) is 284 Å². The number of unbranched alkanes of at least 4 members (excludes halogenated alkanes) is 26. The Morgan fingerprint density at radius 1 is 0.296 bits per heavy atom. The first kappa shape index (κ1) is 67.3. The molecule has 0 bridgehead atoms. The van der Waals surface area contributed by atoms with E-state index in [1.807, 2.05) is 0 Å². The molecule has 0 aliphatic carbocycles. The van der Waals surface area contributed by atoms with Gasteiger partial charge in [-0.3, -0.25) is 14.4 Å². The van der Waals surface area contributed by atoms with Gasteiger partial charge in [0.25, 0.3) is 0 Å². The minimum absolute atomic E-state index is 0.0948. The summed E-state index contributed by atoms with van der Waals surface area (Å²) < 4.78 is 16.9. The SMILES string of the molecule is CC/C=C\C/C=C\C/C=C\C/C=C\CCCCCCC(=O)OC[C@H](COC(=O)CCCCCCC/C=C\C/C=C\C/C=C\CC)OC(=O)CCCCCCCCCCCCC/C=C\CCCCCCCC. The number of rotatable bonds is 53. The van der Waals surface area contributed by atoms with Gasteiger partial charge in [0.15, 0.2) is 6.10 Å². The molecule has 0 heterocycles. The largest absolute Gasteiger partial charge is 0.462 e. The summed E-state index contributed by atoms with van der Waals surface area (Å²) in [5, 5.41) is 0. The Morgan fingerprint density at radius 3 is 0.873 bits per heavy atom. The van der Waals surface area contributed by atoms with Gasteiger partial charge < -0.3 is 14.2 Å². The molecule has 0 aromatic rings. The lowest BCUT2D eigenvalue weighted by atomic mass is 10.0. The van der Waals surface area contributed by atoms with Crippen LogP contribution in [0.3, 0.4) is 0 Å². The lowest BCUT2D eigenvalue weighted by molar-refractivity contribution is -0.167. The fraction of sp³-hybridized carbons (Fsp3) is 0.708. The van der Waals surface area contributed by atoms with E-state index in [4.69, 9.17) is 14.2 Å². The second-order valence-electron chi connectivity index (χ2n) is 19.5. The smallest absolute Gasteiger partial charge is 0.306 e. The molecule has 0 saturated carbocycles. The van der Waals surface area contributed by atoms with Gasteiger partial charge in [0, 0.05) is 19.3 Å². The molecule has 0 amide bonds. The zero-order valence-corrected chi connectivity index (χ0v) is 46.5. The predicted octanol–water partition coefficient (Wildman–Crippen LogP) is 20.1. The highest BCUT2D eigenvalue weighted by Gasteiger charge is 2.19. The first-order valence-electron chi connectivity index (χ1n) is 29.7. The van der Waals surface area contributed by atoms with E-state index in [9.17, 15) is 14.4 Å². The molecule has 0 unspecified atom stereocenters. The lowest BCUT2D eigenvalue weighted by Crippen LogP contribution is -2.30. The Bertz CT molecular complexity index is 1410. The van der Waals surface area contributed by atoms with Gasteiger partial charge in [0.05, 0.1) is 0 Å². The van der Waals surface area contributed by atoms with Crippen molar-refractivity contribution in [3.8, 4) is 0 Å². The lowest BCUT2D eigenvalue weighted by Gasteiger charge is -2.18. The van der Waals surface area contributed by atoms with Crippen LogP contribution in [0.4, 0.5) is 0 Å². The Hall–Kier alpha value is -3.67. The fourth-order valence-corrected chi connectivity index (χ4v) is 8.15. The molecule has 6 nitrogen and oxygen atoms in total. The van der Waals surface area contributed by atoms with Crippen LogP contribution >= 0.6 is 0 Å². The van der Waals surface area contributed by atoms with Crippen LogP contribution in [0.15, 0.2) is 97.2 Å². The van der Waals surface area contributed by atoms with E-state index in [0.29, 0.717) is 19.3 Å². The molecule has 0 aromatic carbocycles. The van der Waals surface area contributed by atoms with E-state index in [2.05, 4.69) is 118 Å². The van der Waals surface area contributed by atoms with Crippen molar-refractivity contribution in [1.82, 2.24) is 0 Å². The molecule has 1 atom stereocenters. The van der Waals surface area contributed by atoms with Crippen LogP contribution in [-0.2, 0) is 28.6 Å². The Kier molecular flexibility index (Phi) is 55.9. The maximum absolute atomic E-state index is 12.9. The summed E-state index contributed by atoms with van der Waals surface area (Å²) in [4.78, 5) is 38.2. The second-order valence-corrected chi connectivity index (χ2v) is 19.5. The van der Waals surface area contributed by atoms with Crippen molar-refractivity contribution in [3.63, 3.8) is 0 Å². The minimum atomic E-state index is -0.797. The number of esters is 3. The third kappa shape index (κ3) is 57.1. The topological polar surface area (TPSA) is 78.9 Å². The zero-order valence-electron chi connectivity index (χ0n) is 46.5. The number of hydrogen-bond donors (Lipinski definition) is 0. The Balaban J connectivity index is 4.42. The third-order valence-electron chi connectivity index (χ3n) is 12.6. The molecule has 0 aliphatic heterocycles. The molecule has 6 heteroatoms. The first-order valence-corrected chi connectivity index (χ1v) is 29.7. The Morgan fingerprint density at radius 2 is 0.549 bits per heavy atom. The summed E-state index contributed by atoms with van der Waals surface area (Å²) in [6.45, 7) is 6.39. The summed E-state index contributed by atoms with van der Waals surface area (Å²) in [5.74, 6) is -0.929. The van der Waals surface area contributed by atoms with Gasteiger partial charge in [-0.25, -0.2) is 0 Å². The highest BCUT2D eigenvalue weighted by molar-refractivity contribution is 5.71. The monoisotopic (exact) mass is 987 g/mol. The molecule has 0 radical (unpaired) electrons. The summed E-state index contributed by atoms with van der Waals surface area (Å²) in [5.41, 5.74) is 0. The van der Waals surface area contributed by atoms with Crippen molar-refractivity contribution in [2.24, 2.45) is 0 Å². The molecule has 406 valence electrons. The van der Waals surface area contributed by atoms with Crippen molar-refractivity contribution < 1.29 is 28.6 Å². The number of hydrogen-bond acceptors (Lipinski definition) is 6. The molecule has 0 spiro atoms. The fourth-order valence-electron chi connectivity index (χ4n) is 8.15. The maximum Gasteiger partial charge on any atom is 0.306 e. The highest BCUT2D eigenvalue weighted by atomic mass is 16.6. The first-order chi connectivity index (χ1) is 35.0. The number of allylic oxidation sites excluding steroid dienone is 16. The molecular weight excluding hydrogens is 877 g/mol. The van der Waals surface area contributed by atoms with Gasteiger partial charge in [-0.1, -0.05) is 240 Å². The standard InChI is InChI=1S/C65H110O6/c1-4-7-10-13-16-19-22-25-28-30-31-32-33-35-38-41-44-47-50-53-56-59-65(68)71-62(60-69-63(66)57-54-51-48-45-42-39-36-27-24-21-18-15-12-9-6-3)61-70-64(67)58-55-52-49-46-43-40-37-34-29-26-23-20-17-14-11-8-5-2/h8-9,11-12,17-18,20-21,25-29,36-37,40,62H,4-7,10,13-16,19,22-24,30-35,38-39,41-61H2,1-3H3/b11-8-,12-9-,20-17-,21-18-,28-25-,29-26-,36-27-,40-37-/t62-/m0/s1. The minimum Gasteiger partial charge on any atom is -0.462 e. The quantitative estimate of drug-likeness (QED) is 0.0261. The van der Waals surface area contributed by atoms with Gasteiger partial charge in [-0.15, -0.1) is 0 Å². The average Bonchev–Trinajstić information content (AvgIpc) is 3.37. The van der Waals surface area contributed by atoms with Crippen LogP contribution in [0, 0.1) is 0 Å². The molecule has 0 saturated heterocycles. The molecule has 0 N–H and O–H groups in total. The van der Waals surface area contributed by atoms with Crippen molar-refractivity contribution in [2.75, 3.05) is 13.2 Å². The van der Waals surface area contributed by atoms with Crippen molar-refractivity contribution in [1.29, 1.82) is 0 Å². The van der Waals surface area contributed by atoms with Gasteiger partial charge in [-0.2, -0.15) is 0 Å². The molecule has 0 aliphatic rings. The van der Waals surface area contributed by atoms with E-state index >= 15 is 0 Å².